The Labute approximate surface area is 126 Å². The number of halogens is 1. The van der Waals surface area contributed by atoms with E-state index in [1.807, 2.05) is 42.2 Å². The summed E-state index contributed by atoms with van der Waals surface area (Å²) in [4.78, 5) is 0.403. The second-order valence-corrected chi connectivity index (χ2v) is 5.51. The molecular weight excluding hydrogens is 324 g/mol. The average Bonchev–Trinajstić information content (AvgIpc) is 2.77. The number of benzene rings is 1. The molecule has 0 atom stereocenters. The van der Waals surface area contributed by atoms with Crippen LogP contribution >= 0.6 is 28.1 Å². The molecule has 100 valence electrons. The standard InChI is InChI=1S/C13H15BrN4S/c1-18-7-5-10(17-18)4-6-16-12-3-2-9(13(15)19)8-11(12)14/h2-3,5,7-8,16H,4,6H2,1H3,(H2,15,19). The average molecular weight is 339 g/mol. The van der Waals surface area contributed by atoms with Crippen LogP contribution in [0.15, 0.2) is 34.9 Å². The first-order valence-corrected chi connectivity index (χ1v) is 7.08. The molecule has 0 saturated heterocycles. The fraction of sp³-hybridized carbons (Fsp3) is 0.231. The second-order valence-electron chi connectivity index (χ2n) is 4.22. The fourth-order valence-corrected chi connectivity index (χ4v) is 2.38. The van der Waals surface area contributed by atoms with E-state index in [4.69, 9.17) is 18.0 Å². The molecule has 0 saturated carbocycles. The van der Waals surface area contributed by atoms with E-state index in [0.29, 0.717) is 4.99 Å². The Morgan fingerprint density at radius 2 is 2.26 bits per heavy atom. The van der Waals surface area contributed by atoms with Gasteiger partial charge in [0.25, 0.3) is 0 Å². The first-order valence-electron chi connectivity index (χ1n) is 5.88. The van der Waals surface area contributed by atoms with Crippen LogP contribution in [0.5, 0.6) is 0 Å². The van der Waals surface area contributed by atoms with Gasteiger partial charge in [-0.05, 0) is 40.2 Å². The normalized spacial score (nSPS) is 10.4. The monoisotopic (exact) mass is 338 g/mol. The van der Waals surface area contributed by atoms with Gasteiger partial charge in [0.05, 0.1) is 5.69 Å². The Kier molecular flexibility index (Phi) is 4.55. The van der Waals surface area contributed by atoms with E-state index in [1.54, 1.807) is 0 Å². The maximum absolute atomic E-state index is 5.59. The summed E-state index contributed by atoms with van der Waals surface area (Å²) in [6.45, 7) is 0.821. The number of nitrogens with one attached hydrogen (secondary N) is 1. The number of rotatable bonds is 5. The molecule has 1 aromatic carbocycles. The minimum absolute atomic E-state index is 0.403. The summed E-state index contributed by atoms with van der Waals surface area (Å²) in [5, 5.41) is 7.69. The highest BCUT2D eigenvalue weighted by Crippen LogP contribution is 2.23. The number of nitrogens with two attached hydrogens (primary N) is 1. The summed E-state index contributed by atoms with van der Waals surface area (Å²) in [5.41, 5.74) is 8.55. The van der Waals surface area contributed by atoms with Crippen LogP contribution in [0.4, 0.5) is 5.69 Å². The molecule has 3 N–H and O–H groups in total. The highest BCUT2D eigenvalue weighted by Gasteiger charge is 2.03. The van der Waals surface area contributed by atoms with Crippen molar-refractivity contribution in [3.8, 4) is 0 Å². The number of anilines is 1. The first kappa shape index (κ1) is 14.0. The summed E-state index contributed by atoms with van der Waals surface area (Å²) in [6.07, 6.45) is 2.83. The van der Waals surface area contributed by atoms with Crippen molar-refractivity contribution in [2.75, 3.05) is 11.9 Å². The molecule has 1 heterocycles. The molecule has 1 aromatic heterocycles. The summed E-state index contributed by atoms with van der Waals surface area (Å²) >= 11 is 8.45. The number of nitrogens with zero attached hydrogens (tertiary/aromatic N) is 2. The van der Waals surface area contributed by atoms with Crippen molar-refractivity contribution in [1.29, 1.82) is 0 Å². The van der Waals surface area contributed by atoms with Crippen LogP contribution in [0.1, 0.15) is 11.3 Å². The lowest BCUT2D eigenvalue weighted by atomic mass is 10.2. The molecule has 19 heavy (non-hydrogen) atoms. The Bertz CT molecular complexity index is 594. The van der Waals surface area contributed by atoms with E-state index in [0.717, 1.165) is 34.4 Å². The summed E-state index contributed by atoms with van der Waals surface area (Å²) < 4.78 is 2.77. The van der Waals surface area contributed by atoms with Gasteiger partial charge in [0.1, 0.15) is 4.99 Å². The summed E-state index contributed by atoms with van der Waals surface area (Å²) in [6, 6.07) is 7.82. The smallest absolute Gasteiger partial charge is 0.104 e. The van der Waals surface area contributed by atoms with Crippen molar-refractivity contribution in [2.45, 2.75) is 6.42 Å². The molecular formula is C13H15BrN4S. The van der Waals surface area contributed by atoms with Crippen LogP contribution in [0.2, 0.25) is 0 Å². The maximum Gasteiger partial charge on any atom is 0.104 e. The van der Waals surface area contributed by atoms with Crippen molar-refractivity contribution in [1.82, 2.24) is 9.78 Å². The Morgan fingerprint density at radius 3 is 2.84 bits per heavy atom. The van der Waals surface area contributed by atoms with Gasteiger partial charge in [0.2, 0.25) is 0 Å². The SMILES string of the molecule is Cn1ccc(CCNc2ccc(C(N)=S)cc2Br)n1. The van der Waals surface area contributed by atoms with Crippen molar-refractivity contribution in [3.05, 3.63) is 46.2 Å². The molecule has 0 unspecified atom stereocenters. The van der Waals surface area contributed by atoms with Crippen LogP contribution in [0.3, 0.4) is 0 Å². The molecule has 0 spiro atoms. The molecule has 0 aliphatic rings. The van der Waals surface area contributed by atoms with E-state index in [-0.39, 0.29) is 0 Å². The fourth-order valence-electron chi connectivity index (χ4n) is 1.73. The molecule has 2 aromatic rings. The van der Waals surface area contributed by atoms with Crippen molar-refractivity contribution in [2.24, 2.45) is 12.8 Å². The first-order chi connectivity index (χ1) is 9.06. The second kappa shape index (κ2) is 6.16. The topological polar surface area (TPSA) is 55.9 Å². The van der Waals surface area contributed by atoms with Crippen molar-refractivity contribution in [3.63, 3.8) is 0 Å². The third-order valence-corrected chi connectivity index (χ3v) is 3.61. The van der Waals surface area contributed by atoms with Crippen LogP contribution in [0, 0.1) is 0 Å². The van der Waals surface area contributed by atoms with Crippen molar-refractivity contribution >= 4 is 38.8 Å². The highest BCUT2D eigenvalue weighted by molar-refractivity contribution is 9.10. The number of thiocarbonyl (C=S) groups is 1. The molecule has 0 bridgehead atoms. The van der Waals surface area contributed by atoms with Gasteiger partial charge >= 0.3 is 0 Å². The van der Waals surface area contributed by atoms with Crippen molar-refractivity contribution < 1.29 is 0 Å². The van der Waals surface area contributed by atoms with Crippen LogP contribution in [-0.4, -0.2) is 21.3 Å². The summed E-state index contributed by atoms with van der Waals surface area (Å²) in [7, 11) is 1.92. The minimum atomic E-state index is 0.403. The molecule has 6 heteroatoms. The molecule has 4 nitrogen and oxygen atoms in total. The predicted molar refractivity (Wildman–Crippen MR) is 85.4 cm³/mol. The molecule has 0 aliphatic carbocycles. The van der Waals surface area contributed by atoms with E-state index in [9.17, 15) is 0 Å². The van der Waals surface area contributed by atoms with Gasteiger partial charge in [-0.2, -0.15) is 5.10 Å². The molecule has 0 aliphatic heterocycles. The molecule has 0 radical (unpaired) electrons. The van der Waals surface area contributed by atoms with Gasteiger partial charge in [-0.1, -0.05) is 12.2 Å². The van der Waals surface area contributed by atoms with Gasteiger partial charge in [-0.15, -0.1) is 0 Å². The van der Waals surface area contributed by atoms with E-state index >= 15 is 0 Å². The van der Waals surface area contributed by atoms with Gasteiger partial charge in [0, 0.05) is 41.9 Å². The zero-order valence-electron chi connectivity index (χ0n) is 10.6. The van der Waals surface area contributed by atoms with Gasteiger partial charge in [-0.3, -0.25) is 4.68 Å². The van der Waals surface area contributed by atoms with E-state index in [2.05, 4.69) is 26.3 Å². The van der Waals surface area contributed by atoms with Crippen LogP contribution < -0.4 is 11.1 Å². The number of hydrogen-bond donors (Lipinski definition) is 2. The Hall–Kier alpha value is -1.40. The lowest BCUT2D eigenvalue weighted by molar-refractivity contribution is 0.742. The minimum Gasteiger partial charge on any atom is -0.389 e. The van der Waals surface area contributed by atoms with Gasteiger partial charge < -0.3 is 11.1 Å². The van der Waals surface area contributed by atoms with Crippen LogP contribution in [-0.2, 0) is 13.5 Å². The third-order valence-electron chi connectivity index (χ3n) is 2.72. The predicted octanol–water partition coefficient (Wildman–Crippen LogP) is 2.47. The van der Waals surface area contributed by atoms with E-state index < -0.39 is 0 Å². The third kappa shape index (κ3) is 3.78. The quantitative estimate of drug-likeness (QED) is 0.822. The lowest BCUT2D eigenvalue weighted by Gasteiger charge is -2.09. The largest absolute Gasteiger partial charge is 0.389 e. The highest BCUT2D eigenvalue weighted by atomic mass is 79.9. The van der Waals surface area contributed by atoms with E-state index in [1.165, 1.54) is 0 Å². The number of aryl methyl sites for hydroxylation is 1. The zero-order chi connectivity index (χ0) is 13.8. The van der Waals surface area contributed by atoms with Gasteiger partial charge in [-0.25, -0.2) is 0 Å². The summed E-state index contributed by atoms with van der Waals surface area (Å²) in [5.74, 6) is 0. The lowest BCUT2D eigenvalue weighted by Crippen LogP contribution is -2.10. The Morgan fingerprint density at radius 1 is 1.47 bits per heavy atom. The molecule has 0 amide bonds. The van der Waals surface area contributed by atoms with Crippen LogP contribution in [0.25, 0.3) is 0 Å². The number of aromatic nitrogens is 2. The zero-order valence-corrected chi connectivity index (χ0v) is 13.0. The maximum atomic E-state index is 5.59. The number of hydrogen-bond acceptors (Lipinski definition) is 3. The Balaban J connectivity index is 1.94. The molecule has 0 fully saturated rings. The molecule has 2 rings (SSSR count). The van der Waals surface area contributed by atoms with Gasteiger partial charge in [0.15, 0.2) is 0 Å².